The third-order valence-electron chi connectivity index (χ3n) is 3.76. The molecule has 2 N–H and O–H groups in total. The van der Waals surface area contributed by atoms with Crippen LogP contribution in [-0.4, -0.2) is 28.7 Å². The second kappa shape index (κ2) is 5.92. The second-order valence-electron chi connectivity index (χ2n) is 5.16. The first-order valence-electron chi connectivity index (χ1n) is 6.93. The molecule has 1 fully saturated rings. The summed E-state index contributed by atoms with van der Waals surface area (Å²) in [5.74, 6) is -0.104. The van der Waals surface area contributed by atoms with Crippen LogP contribution < -0.4 is 15.4 Å². The molecule has 1 aliphatic heterocycles. The molecule has 0 aliphatic carbocycles. The van der Waals surface area contributed by atoms with Crippen LogP contribution in [-0.2, 0) is 16.6 Å². The van der Waals surface area contributed by atoms with Gasteiger partial charge in [-0.25, -0.2) is 0 Å². The zero-order valence-electron chi connectivity index (χ0n) is 12.5. The number of nitrogens with zero attached hydrogens (tertiary/aromatic N) is 2. The summed E-state index contributed by atoms with van der Waals surface area (Å²) in [4.78, 5) is 24.8. The van der Waals surface area contributed by atoms with Gasteiger partial charge in [-0.2, -0.15) is 5.10 Å². The Labute approximate surface area is 137 Å². The molecule has 2 amide bonds. The van der Waals surface area contributed by atoms with Gasteiger partial charge in [-0.05, 0) is 23.8 Å². The zero-order valence-corrected chi connectivity index (χ0v) is 13.3. The maximum Gasteiger partial charge on any atom is 0.249 e. The number of carbonyl (C=O) groups excluding carboxylic acids is 2. The Morgan fingerprint density at radius 3 is 2.48 bits per heavy atom. The fourth-order valence-corrected chi connectivity index (χ4v) is 2.82. The highest BCUT2D eigenvalue weighted by Crippen LogP contribution is 2.29. The highest BCUT2D eigenvalue weighted by molar-refractivity contribution is 6.32. The van der Waals surface area contributed by atoms with Crippen LogP contribution >= 0.6 is 11.6 Å². The number of aromatic nitrogens is 2. The van der Waals surface area contributed by atoms with Gasteiger partial charge in [0.2, 0.25) is 11.8 Å². The lowest BCUT2D eigenvalue weighted by atomic mass is 10.0. The zero-order chi connectivity index (χ0) is 16.6. The monoisotopic (exact) mass is 334 g/mol. The number of carbonyl (C=O) groups is 2. The van der Waals surface area contributed by atoms with Gasteiger partial charge in [-0.1, -0.05) is 17.7 Å². The number of amides is 2. The smallest absolute Gasteiger partial charge is 0.249 e. The molecular weight excluding hydrogens is 320 g/mol. The van der Waals surface area contributed by atoms with Crippen molar-refractivity contribution in [1.82, 2.24) is 20.4 Å². The summed E-state index contributed by atoms with van der Waals surface area (Å²) in [6, 6.07) is 5.09. The van der Waals surface area contributed by atoms with Crippen LogP contribution in [0.4, 0.5) is 0 Å². The lowest BCUT2D eigenvalue weighted by Crippen LogP contribution is -2.53. The number of methoxy groups -OCH3 is 1. The van der Waals surface area contributed by atoms with Gasteiger partial charge in [0.1, 0.15) is 11.8 Å². The first kappa shape index (κ1) is 15.4. The fourth-order valence-electron chi connectivity index (χ4n) is 2.55. The highest BCUT2D eigenvalue weighted by Gasteiger charge is 2.36. The molecule has 23 heavy (non-hydrogen) atoms. The van der Waals surface area contributed by atoms with E-state index < -0.39 is 12.1 Å². The second-order valence-corrected chi connectivity index (χ2v) is 5.56. The SMILES string of the molecule is COc1ccc(C2NC(=O)C(c3ccnn3C)NC2=O)cc1Cl. The molecule has 7 nitrogen and oxygen atoms in total. The summed E-state index contributed by atoms with van der Waals surface area (Å²) in [6.45, 7) is 0. The summed E-state index contributed by atoms with van der Waals surface area (Å²) in [5.41, 5.74) is 1.20. The fraction of sp³-hybridized carbons (Fsp3) is 0.267. The number of rotatable bonds is 3. The van der Waals surface area contributed by atoms with Gasteiger partial charge in [0.15, 0.2) is 6.04 Å². The normalized spacial score (nSPS) is 20.8. The lowest BCUT2D eigenvalue weighted by molar-refractivity contribution is -0.137. The first-order chi connectivity index (χ1) is 11.0. The van der Waals surface area contributed by atoms with Crippen LogP contribution in [0.5, 0.6) is 5.75 Å². The number of hydrogen-bond acceptors (Lipinski definition) is 4. The molecule has 0 saturated carbocycles. The van der Waals surface area contributed by atoms with Gasteiger partial charge >= 0.3 is 0 Å². The van der Waals surface area contributed by atoms with Crippen LogP contribution in [0.2, 0.25) is 5.02 Å². The van der Waals surface area contributed by atoms with E-state index in [1.54, 1.807) is 42.2 Å². The highest BCUT2D eigenvalue weighted by atomic mass is 35.5. The molecule has 1 aliphatic rings. The average Bonchev–Trinajstić information content (AvgIpc) is 2.95. The number of aryl methyl sites for hydroxylation is 1. The van der Waals surface area contributed by atoms with Crippen LogP contribution in [0.1, 0.15) is 23.3 Å². The molecule has 120 valence electrons. The van der Waals surface area contributed by atoms with Gasteiger partial charge < -0.3 is 15.4 Å². The molecule has 2 heterocycles. The minimum atomic E-state index is -0.796. The Balaban J connectivity index is 1.85. The summed E-state index contributed by atoms with van der Waals surface area (Å²) in [6.07, 6.45) is 1.57. The number of ether oxygens (including phenoxy) is 1. The predicted molar refractivity (Wildman–Crippen MR) is 83.0 cm³/mol. The topological polar surface area (TPSA) is 85.2 Å². The maximum absolute atomic E-state index is 12.4. The van der Waals surface area contributed by atoms with Crippen molar-refractivity contribution in [2.24, 2.45) is 7.05 Å². The largest absolute Gasteiger partial charge is 0.495 e. The maximum atomic E-state index is 12.4. The van der Waals surface area contributed by atoms with Crippen LogP contribution in [0, 0.1) is 0 Å². The van der Waals surface area contributed by atoms with E-state index in [2.05, 4.69) is 15.7 Å². The third-order valence-corrected chi connectivity index (χ3v) is 4.06. The predicted octanol–water partition coefficient (Wildman–Crippen LogP) is 1.11. The van der Waals surface area contributed by atoms with E-state index in [4.69, 9.17) is 16.3 Å². The third kappa shape index (κ3) is 2.75. The van der Waals surface area contributed by atoms with Crippen LogP contribution in [0.25, 0.3) is 0 Å². The lowest BCUT2D eigenvalue weighted by Gasteiger charge is -2.30. The van der Waals surface area contributed by atoms with Crippen molar-refractivity contribution < 1.29 is 14.3 Å². The van der Waals surface area contributed by atoms with E-state index >= 15 is 0 Å². The van der Waals surface area contributed by atoms with Gasteiger partial charge in [0.05, 0.1) is 17.8 Å². The Morgan fingerprint density at radius 1 is 1.17 bits per heavy atom. The Morgan fingerprint density at radius 2 is 1.87 bits per heavy atom. The quantitative estimate of drug-likeness (QED) is 0.880. The minimum absolute atomic E-state index is 0.301. The summed E-state index contributed by atoms with van der Waals surface area (Å²) < 4.78 is 6.64. The Hall–Kier alpha value is -2.54. The first-order valence-corrected chi connectivity index (χ1v) is 7.31. The Kier molecular flexibility index (Phi) is 3.96. The molecule has 3 rings (SSSR count). The minimum Gasteiger partial charge on any atom is -0.495 e. The van der Waals surface area contributed by atoms with E-state index in [0.29, 0.717) is 22.0 Å². The van der Waals surface area contributed by atoms with E-state index in [0.717, 1.165) is 0 Å². The standard InChI is InChI=1S/C15H15ClN4O3/c1-20-10(5-6-17-20)13-15(22)18-12(14(21)19-13)8-3-4-11(23-2)9(16)7-8/h3-7,12-13H,1-2H3,(H,18,22)(H,19,21). The van der Waals surface area contributed by atoms with Crippen LogP contribution in [0.15, 0.2) is 30.5 Å². The summed E-state index contributed by atoms with van der Waals surface area (Å²) in [5, 5.41) is 9.83. The number of hydrogen-bond donors (Lipinski definition) is 2. The van der Waals surface area contributed by atoms with Crippen molar-refractivity contribution in [1.29, 1.82) is 0 Å². The molecule has 2 aromatic rings. The van der Waals surface area contributed by atoms with Crippen molar-refractivity contribution in [3.8, 4) is 5.75 Å². The van der Waals surface area contributed by atoms with Crippen molar-refractivity contribution in [3.05, 3.63) is 46.7 Å². The molecule has 2 unspecified atom stereocenters. The summed E-state index contributed by atoms with van der Waals surface area (Å²) in [7, 11) is 3.22. The molecule has 0 bridgehead atoms. The van der Waals surface area contributed by atoms with Crippen molar-refractivity contribution >= 4 is 23.4 Å². The van der Waals surface area contributed by atoms with Crippen molar-refractivity contribution in [2.75, 3.05) is 7.11 Å². The van der Waals surface area contributed by atoms with Gasteiger partial charge in [0, 0.05) is 13.2 Å². The van der Waals surface area contributed by atoms with Gasteiger partial charge in [0.25, 0.3) is 0 Å². The van der Waals surface area contributed by atoms with E-state index in [1.807, 2.05) is 0 Å². The molecule has 1 aromatic heterocycles. The molecule has 8 heteroatoms. The van der Waals surface area contributed by atoms with Gasteiger partial charge in [-0.15, -0.1) is 0 Å². The van der Waals surface area contributed by atoms with E-state index in [9.17, 15) is 9.59 Å². The molecule has 1 aromatic carbocycles. The van der Waals surface area contributed by atoms with Gasteiger partial charge in [-0.3, -0.25) is 14.3 Å². The number of piperazine rings is 1. The van der Waals surface area contributed by atoms with E-state index in [-0.39, 0.29) is 11.8 Å². The van der Waals surface area contributed by atoms with Crippen LogP contribution in [0.3, 0.4) is 0 Å². The summed E-state index contributed by atoms with van der Waals surface area (Å²) >= 11 is 6.08. The Bertz CT molecular complexity index is 774. The average molecular weight is 335 g/mol. The number of halogens is 1. The van der Waals surface area contributed by atoms with Crippen molar-refractivity contribution in [2.45, 2.75) is 12.1 Å². The molecular formula is C15H15ClN4O3. The molecule has 0 spiro atoms. The van der Waals surface area contributed by atoms with Crippen molar-refractivity contribution in [3.63, 3.8) is 0 Å². The number of benzene rings is 1. The molecule has 2 atom stereocenters. The van der Waals surface area contributed by atoms with E-state index in [1.165, 1.54) is 7.11 Å². The number of nitrogens with one attached hydrogen (secondary N) is 2. The molecule has 0 radical (unpaired) electrons. The molecule has 1 saturated heterocycles.